The Labute approximate surface area is 150 Å². The molecule has 0 unspecified atom stereocenters. The van der Waals surface area contributed by atoms with Crippen LogP contribution in [0.3, 0.4) is 0 Å². The summed E-state index contributed by atoms with van der Waals surface area (Å²) in [5.41, 5.74) is 1.76. The fourth-order valence-corrected chi connectivity index (χ4v) is 4.23. The Morgan fingerprint density at radius 2 is 2.30 bits per heavy atom. The van der Waals surface area contributed by atoms with Gasteiger partial charge >= 0.3 is 0 Å². The lowest BCUT2D eigenvalue weighted by Gasteiger charge is -2.35. The van der Waals surface area contributed by atoms with Gasteiger partial charge in [0.25, 0.3) is 0 Å². The highest BCUT2D eigenvalue weighted by Crippen LogP contribution is 2.33. The van der Waals surface area contributed by atoms with Crippen molar-refractivity contribution in [2.75, 3.05) is 13.7 Å². The summed E-state index contributed by atoms with van der Waals surface area (Å²) in [6.45, 7) is 4.75. The SMILES string of the molecule is C=C[C@H]1CN[C@@H]([C@@H](O)c2ccnc3ccc(OC)cc23)C[C@H]1I. The Hall–Kier alpha value is -1.18. The number of fused-ring (bicyclic) bond motifs is 1. The van der Waals surface area contributed by atoms with Crippen LogP contribution >= 0.6 is 22.6 Å². The molecular formula is C18H21IN2O2. The smallest absolute Gasteiger partial charge is 0.119 e. The van der Waals surface area contributed by atoms with E-state index in [4.69, 9.17) is 4.74 Å². The molecule has 2 heterocycles. The van der Waals surface area contributed by atoms with Crippen molar-refractivity contribution in [2.45, 2.75) is 22.5 Å². The first-order chi connectivity index (χ1) is 11.1. The molecule has 23 heavy (non-hydrogen) atoms. The van der Waals surface area contributed by atoms with E-state index in [9.17, 15) is 5.11 Å². The van der Waals surface area contributed by atoms with Gasteiger partial charge in [0.05, 0.1) is 18.7 Å². The van der Waals surface area contributed by atoms with E-state index in [0.717, 1.165) is 35.2 Å². The molecule has 1 aromatic heterocycles. The zero-order valence-electron chi connectivity index (χ0n) is 13.1. The molecule has 0 bridgehead atoms. The molecule has 1 fully saturated rings. The first-order valence-electron chi connectivity index (χ1n) is 7.74. The van der Waals surface area contributed by atoms with E-state index in [1.807, 2.05) is 30.3 Å². The number of ether oxygens (including phenoxy) is 1. The van der Waals surface area contributed by atoms with E-state index in [1.54, 1.807) is 13.3 Å². The largest absolute Gasteiger partial charge is 0.497 e. The maximum Gasteiger partial charge on any atom is 0.119 e. The van der Waals surface area contributed by atoms with Crippen molar-refractivity contribution in [3.8, 4) is 5.75 Å². The third-order valence-electron chi connectivity index (χ3n) is 4.54. The summed E-state index contributed by atoms with van der Waals surface area (Å²) in [6.07, 6.45) is 4.09. The summed E-state index contributed by atoms with van der Waals surface area (Å²) in [6, 6.07) is 7.69. The minimum Gasteiger partial charge on any atom is -0.497 e. The average molecular weight is 424 g/mol. The third-order valence-corrected chi connectivity index (χ3v) is 5.98. The van der Waals surface area contributed by atoms with Crippen molar-refractivity contribution >= 4 is 33.5 Å². The number of methoxy groups -OCH3 is 1. The first-order valence-corrected chi connectivity index (χ1v) is 8.99. The number of rotatable bonds is 4. The van der Waals surface area contributed by atoms with E-state index < -0.39 is 6.10 Å². The van der Waals surface area contributed by atoms with Crippen LogP contribution < -0.4 is 10.1 Å². The van der Waals surface area contributed by atoms with Gasteiger partial charge in [0.1, 0.15) is 5.75 Å². The summed E-state index contributed by atoms with van der Waals surface area (Å²) in [4.78, 5) is 4.38. The van der Waals surface area contributed by atoms with Crippen molar-refractivity contribution in [1.82, 2.24) is 10.3 Å². The molecule has 0 spiro atoms. The van der Waals surface area contributed by atoms with E-state index in [2.05, 4.69) is 39.5 Å². The molecule has 0 radical (unpaired) electrons. The van der Waals surface area contributed by atoms with Gasteiger partial charge in [0, 0.05) is 34.0 Å². The van der Waals surface area contributed by atoms with E-state index in [-0.39, 0.29) is 6.04 Å². The minimum atomic E-state index is -0.573. The number of halogens is 1. The topological polar surface area (TPSA) is 54.4 Å². The molecular weight excluding hydrogens is 403 g/mol. The van der Waals surface area contributed by atoms with E-state index in [1.165, 1.54) is 0 Å². The van der Waals surface area contributed by atoms with Gasteiger partial charge in [-0.25, -0.2) is 0 Å². The molecule has 2 N–H and O–H groups in total. The Morgan fingerprint density at radius 1 is 1.48 bits per heavy atom. The number of piperidine rings is 1. The summed E-state index contributed by atoms with van der Waals surface area (Å²) < 4.78 is 5.79. The molecule has 1 aliphatic rings. The zero-order valence-corrected chi connectivity index (χ0v) is 15.2. The number of alkyl halides is 1. The number of benzene rings is 1. The van der Waals surface area contributed by atoms with Gasteiger partial charge in [-0.15, -0.1) is 6.58 Å². The van der Waals surface area contributed by atoms with Crippen LogP contribution in [-0.2, 0) is 0 Å². The quantitative estimate of drug-likeness (QED) is 0.450. The fourth-order valence-electron chi connectivity index (χ4n) is 3.14. The second-order valence-corrected chi connectivity index (χ2v) is 7.49. The van der Waals surface area contributed by atoms with Crippen molar-refractivity contribution in [3.63, 3.8) is 0 Å². The average Bonchev–Trinajstić information content (AvgIpc) is 2.60. The van der Waals surface area contributed by atoms with Crippen molar-refractivity contribution in [2.24, 2.45) is 5.92 Å². The molecule has 4 atom stereocenters. The van der Waals surface area contributed by atoms with Crippen LogP contribution in [0.4, 0.5) is 0 Å². The second-order valence-electron chi connectivity index (χ2n) is 5.89. The van der Waals surface area contributed by atoms with Crippen LogP contribution in [0.5, 0.6) is 5.75 Å². The number of aromatic nitrogens is 1. The Balaban J connectivity index is 1.91. The van der Waals surface area contributed by atoms with Gasteiger partial charge in [-0.1, -0.05) is 28.7 Å². The third kappa shape index (κ3) is 3.36. The van der Waals surface area contributed by atoms with Crippen molar-refractivity contribution < 1.29 is 9.84 Å². The monoisotopic (exact) mass is 424 g/mol. The highest BCUT2D eigenvalue weighted by atomic mass is 127. The normalized spacial score (nSPS) is 26.0. The van der Waals surface area contributed by atoms with Crippen LogP contribution in [0.15, 0.2) is 43.1 Å². The van der Waals surface area contributed by atoms with Crippen LogP contribution in [0, 0.1) is 5.92 Å². The van der Waals surface area contributed by atoms with Gasteiger partial charge < -0.3 is 15.2 Å². The summed E-state index contributed by atoms with van der Waals surface area (Å²) in [5, 5.41) is 15.3. The van der Waals surface area contributed by atoms with Crippen molar-refractivity contribution in [3.05, 3.63) is 48.7 Å². The maximum absolute atomic E-state index is 10.9. The predicted molar refractivity (Wildman–Crippen MR) is 101 cm³/mol. The lowest BCUT2D eigenvalue weighted by molar-refractivity contribution is 0.112. The minimum absolute atomic E-state index is 0.0323. The van der Waals surface area contributed by atoms with Gasteiger partial charge in [-0.2, -0.15) is 0 Å². The van der Waals surface area contributed by atoms with Gasteiger partial charge in [-0.3, -0.25) is 4.98 Å². The predicted octanol–water partition coefficient (Wildman–Crippen LogP) is 3.24. The second kappa shape index (κ2) is 7.15. The zero-order chi connectivity index (χ0) is 16.4. The molecule has 5 heteroatoms. The van der Waals surface area contributed by atoms with E-state index >= 15 is 0 Å². The maximum atomic E-state index is 10.9. The van der Waals surface area contributed by atoms with Crippen LogP contribution in [-0.4, -0.2) is 33.7 Å². The number of nitrogens with zero attached hydrogens (tertiary/aromatic N) is 1. The number of hydrogen-bond donors (Lipinski definition) is 2. The Kier molecular flexibility index (Phi) is 5.18. The van der Waals surface area contributed by atoms with Crippen LogP contribution in [0.1, 0.15) is 18.1 Å². The molecule has 1 aromatic carbocycles. The Bertz CT molecular complexity index is 706. The molecule has 1 saturated heterocycles. The van der Waals surface area contributed by atoms with Crippen LogP contribution in [0.2, 0.25) is 0 Å². The van der Waals surface area contributed by atoms with Gasteiger partial charge in [-0.05, 0) is 36.2 Å². The summed E-state index contributed by atoms with van der Waals surface area (Å²) >= 11 is 2.46. The summed E-state index contributed by atoms with van der Waals surface area (Å²) in [7, 11) is 1.65. The van der Waals surface area contributed by atoms with Gasteiger partial charge in [0.2, 0.25) is 0 Å². The number of pyridine rings is 1. The van der Waals surface area contributed by atoms with Crippen LogP contribution in [0.25, 0.3) is 10.9 Å². The molecule has 0 aliphatic carbocycles. The standard InChI is InChI=1S/C18H21IN2O2/c1-3-11-10-21-17(9-15(11)19)18(22)13-6-7-20-16-5-4-12(23-2)8-14(13)16/h3-8,11,15,17-18,21-22H,1,9-10H2,2H3/t11-,15+,17+,18-/m0/s1. The number of aliphatic hydroxyl groups excluding tert-OH is 1. The highest BCUT2D eigenvalue weighted by molar-refractivity contribution is 14.1. The lowest BCUT2D eigenvalue weighted by atomic mass is 9.88. The number of hydrogen-bond acceptors (Lipinski definition) is 4. The fraction of sp³-hybridized carbons (Fsp3) is 0.389. The highest BCUT2D eigenvalue weighted by Gasteiger charge is 2.31. The molecule has 3 rings (SSSR count). The number of aliphatic hydroxyl groups is 1. The van der Waals surface area contributed by atoms with Crippen molar-refractivity contribution in [1.29, 1.82) is 0 Å². The summed E-state index contributed by atoms with van der Waals surface area (Å²) in [5.74, 6) is 1.22. The molecule has 1 aliphatic heterocycles. The molecule has 0 amide bonds. The van der Waals surface area contributed by atoms with E-state index in [0.29, 0.717) is 9.84 Å². The molecule has 122 valence electrons. The lowest BCUT2D eigenvalue weighted by Crippen LogP contribution is -2.46. The number of nitrogens with one attached hydrogen (secondary N) is 1. The van der Waals surface area contributed by atoms with Gasteiger partial charge in [0.15, 0.2) is 0 Å². The molecule has 0 saturated carbocycles. The molecule has 2 aromatic rings. The Morgan fingerprint density at radius 3 is 3.00 bits per heavy atom. The first kappa shape index (κ1) is 16.7. The molecule has 4 nitrogen and oxygen atoms in total.